The lowest BCUT2D eigenvalue weighted by Gasteiger charge is -2.28. The van der Waals surface area contributed by atoms with Crippen molar-refractivity contribution in [3.8, 4) is 23.3 Å². The second-order valence-corrected chi connectivity index (χ2v) is 12.0. The minimum atomic E-state index is -3.51. The van der Waals surface area contributed by atoms with Gasteiger partial charge >= 0.3 is 0 Å². The number of sulfonamides is 1. The molecule has 0 amide bonds. The van der Waals surface area contributed by atoms with E-state index in [9.17, 15) is 13.7 Å². The van der Waals surface area contributed by atoms with Crippen molar-refractivity contribution in [1.29, 1.82) is 5.26 Å². The predicted molar refractivity (Wildman–Crippen MR) is 152 cm³/mol. The Morgan fingerprint density at radius 2 is 1.85 bits per heavy atom. The fraction of sp³-hybridized carbons (Fsp3) is 0.370. The molecule has 0 bridgehead atoms. The summed E-state index contributed by atoms with van der Waals surface area (Å²) in [6, 6.07) is 12.9. The van der Waals surface area contributed by atoms with Gasteiger partial charge in [0.2, 0.25) is 16.0 Å². The lowest BCUT2D eigenvalue weighted by molar-refractivity contribution is 0.217. The molecule has 0 unspecified atom stereocenters. The molecule has 0 aliphatic rings. The molecule has 3 rings (SSSR count). The van der Waals surface area contributed by atoms with Crippen LogP contribution in [0.1, 0.15) is 50.1 Å². The first-order valence-electron chi connectivity index (χ1n) is 12.0. The zero-order valence-electron chi connectivity index (χ0n) is 22.3. The minimum absolute atomic E-state index is 0.0381. The number of nitrogens with zero attached hydrogens (tertiary/aromatic N) is 3. The maximum absolute atomic E-state index is 11.5. The molecule has 0 fully saturated rings. The summed E-state index contributed by atoms with van der Waals surface area (Å²) in [5.74, 6) is 1.56. The van der Waals surface area contributed by atoms with Crippen molar-refractivity contribution >= 4 is 39.2 Å². The molecule has 208 valence electrons. The third kappa shape index (κ3) is 8.12. The second-order valence-electron chi connectivity index (χ2n) is 9.47. The molecule has 2 aromatic carbocycles. The van der Waals surface area contributed by atoms with Crippen molar-refractivity contribution in [1.82, 2.24) is 9.97 Å². The van der Waals surface area contributed by atoms with Gasteiger partial charge in [-0.1, -0.05) is 31.5 Å². The lowest BCUT2D eigenvalue weighted by atomic mass is 9.77. The van der Waals surface area contributed by atoms with E-state index in [-0.39, 0.29) is 31.1 Å². The van der Waals surface area contributed by atoms with Crippen LogP contribution in [-0.4, -0.2) is 43.2 Å². The smallest absolute Gasteiger partial charge is 0.236 e. The first-order chi connectivity index (χ1) is 18.3. The molecule has 1 N–H and O–H groups in total. The maximum Gasteiger partial charge on any atom is 0.236 e. The quantitative estimate of drug-likeness (QED) is 0.266. The maximum atomic E-state index is 11.5. The van der Waals surface area contributed by atoms with Gasteiger partial charge < -0.3 is 14.2 Å². The topological polar surface area (TPSA) is 123 Å². The van der Waals surface area contributed by atoms with Crippen molar-refractivity contribution in [3.63, 3.8) is 0 Å². The summed E-state index contributed by atoms with van der Waals surface area (Å²) in [4.78, 5) is 8.10. The van der Waals surface area contributed by atoms with Crippen LogP contribution in [0.2, 0.25) is 5.02 Å². The number of nitriles is 1. The zero-order chi connectivity index (χ0) is 28.8. The summed E-state index contributed by atoms with van der Waals surface area (Å²) in [6.45, 7) is 8.15. The molecule has 0 aliphatic heterocycles. The number of halogens is 2. The van der Waals surface area contributed by atoms with E-state index in [1.54, 1.807) is 24.3 Å². The average Bonchev–Trinajstić information content (AvgIpc) is 2.85. The van der Waals surface area contributed by atoms with Crippen LogP contribution in [0.15, 0.2) is 42.6 Å². The van der Waals surface area contributed by atoms with Crippen molar-refractivity contribution in [2.45, 2.75) is 45.8 Å². The van der Waals surface area contributed by atoms with Gasteiger partial charge in [-0.15, -0.1) is 11.6 Å². The molecule has 3 aromatic rings. The monoisotopic (exact) mass is 592 g/mol. The molecule has 39 heavy (non-hydrogen) atoms. The Balaban J connectivity index is 1.92. The molecule has 0 atom stereocenters. The zero-order valence-corrected chi connectivity index (χ0v) is 24.6. The van der Waals surface area contributed by atoms with Crippen LogP contribution in [0.25, 0.3) is 0 Å². The van der Waals surface area contributed by atoms with Crippen LogP contribution >= 0.6 is 23.2 Å². The molecule has 1 aromatic heterocycles. The second kappa shape index (κ2) is 12.7. The highest BCUT2D eigenvalue weighted by Crippen LogP contribution is 2.41. The first-order valence-corrected chi connectivity index (χ1v) is 14.8. The molecule has 0 radical (unpaired) electrons. The molecule has 9 nitrogen and oxygen atoms in total. The van der Waals surface area contributed by atoms with Gasteiger partial charge in [0.25, 0.3) is 0 Å². The van der Waals surface area contributed by atoms with Gasteiger partial charge in [0.1, 0.15) is 19.3 Å². The Labute approximate surface area is 239 Å². The summed E-state index contributed by atoms with van der Waals surface area (Å²) in [7, 11) is -3.51. The average molecular weight is 594 g/mol. The van der Waals surface area contributed by atoms with E-state index in [1.807, 2.05) is 39.8 Å². The fourth-order valence-corrected chi connectivity index (χ4v) is 4.48. The molecule has 12 heteroatoms. The summed E-state index contributed by atoms with van der Waals surface area (Å²) < 4.78 is 42.9. The molecule has 1 heterocycles. The molecular weight excluding hydrogens is 563 g/mol. The van der Waals surface area contributed by atoms with Crippen molar-refractivity contribution in [2.24, 2.45) is 0 Å². The van der Waals surface area contributed by atoms with Crippen LogP contribution < -0.4 is 18.9 Å². The standard InChI is InChI=1S/C27H30Cl2N4O5S/c1-17(2)38-24-14-19(27(3,4)20-12-18(15-30)25(22(29)13-20)36-11-9-28)6-7-23(24)37-16-21-8-10-31-26(32-21)33-39(5,34)35/h6-8,10,12-14,17H,9,11,16H2,1-5H3,(H,31,32,33). The van der Waals surface area contributed by atoms with E-state index in [2.05, 4.69) is 20.8 Å². The van der Waals surface area contributed by atoms with E-state index in [0.717, 1.165) is 17.4 Å². The Bertz CT molecular complexity index is 1470. The van der Waals surface area contributed by atoms with Crippen molar-refractivity contribution < 1.29 is 22.6 Å². The molecular formula is C27H30Cl2N4O5S. The summed E-state index contributed by atoms with van der Waals surface area (Å²) in [6.07, 6.45) is 2.34. The predicted octanol–water partition coefficient (Wildman–Crippen LogP) is 5.68. The van der Waals surface area contributed by atoms with Crippen LogP contribution in [0.5, 0.6) is 17.2 Å². The van der Waals surface area contributed by atoms with E-state index in [4.69, 9.17) is 37.4 Å². The largest absolute Gasteiger partial charge is 0.489 e. The molecule has 0 saturated heterocycles. The number of hydrogen-bond acceptors (Lipinski definition) is 8. The third-order valence-corrected chi connectivity index (χ3v) is 6.59. The third-order valence-electron chi connectivity index (χ3n) is 5.60. The summed E-state index contributed by atoms with van der Waals surface area (Å²) in [5, 5.41) is 10.0. The van der Waals surface area contributed by atoms with Gasteiger partial charge in [-0.05, 0) is 55.3 Å². The Kier molecular flexibility index (Phi) is 9.88. The number of alkyl halides is 1. The number of nitrogens with one attached hydrogen (secondary N) is 1. The van der Waals surface area contributed by atoms with E-state index < -0.39 is 15.4 Å². The summed E-state index contributed by atoms with van der Waals surface area (Å²) in [5.41, 5.74) is 1.96. The van der Waals surface area contributed by atoms with Gasteiger partial charge in [-0.3, -0.25) is 4.72 Å². The number of benzene rings is 2. The number of ether oxygens (including phenoxy) is 3. The first kappa shape index (κ1) is 30.3. The highest BCUT2D eigenvalue weighted by atomic mass is 35.5. The van der Waals surface area contributed by atoms with E-state index in [1.165, 1.54) is 6.20 Å². The van der Waals surface area contributed by atoms with Crippen LogP contribution in [-0.2, 0) is 22.0 Å². The van der Waals surface area contributed by atoms with Gasteiger partial charge in [-0.2, -0.15) is 5.26 Å². The SMILES string of the molecule is CC(C)Oc1cc(C(C)(C)c2cc(Cl)c(OCCCl)c(C#N)c2)ccc1OCc1ccnc(NS(C)(=O)=O)n1. The van der Waals surface area contributed by atoms with Crippen molar-refractivity contribution in [2.75, 3.05) is 23.5 Å². The van der Waals surface area contributed by atoms with E-state index in [0.29, 0.717) is 33.5 Å². The number of aromatic nitrogens is 2. The van der Waals surface area contributed by atoms with Gasteiger partial charge in [0, 0.05) is 11.6 Å². The summed E-state index contributed by atoms with van der Waals surface area (Å²) >= 11 is 12.2. The Morgan fingerprint density at radius 3 is 2.49 bits per heavy atom. The number of hydrogen-bond donors (Lipinski definition) is 1. The van der Waals surface area contributed by atoms with E-state index >= 15 is 0 Å². The van der Waals surface area contributed by atoms with Crippen LogP contribution in [0, 0.1) is 11.3 Å². The van der Waals surface area contributed by atoms with Crippen LogP contribution in [0.4, 0.5) is 5.95 Å². The minimum Gasteiger partial charge on any atom is -0.489 e. The highest BCUT2D eigenvalue weighted by molar-refractivity contribution is 7.91. The number of rotatable bonds is 12. The Morgan fingerprint density at radius 1 is 1.10 bits per heavy atom. The highest BCUT2D eigenvalue weighted by Gasteiger charge is 2.27. The van der Waals surface area contributed by atoms with Gasteiger partial charge in [0.05, 0.1) is 34.5 Å². The number of anilines is 1. The lowest BCUT2D eigenvalue weighted by Crippen LogP contribution is -2.20. The molecule has 0 aliphatic carbocycles. The molecule has 0 saturated carbocycles. The van der Waals surface area contributed by atoms with Crippen molar-refractivity contribution in [3.05, 3.63) is 70.0 Å². The van der Waals surface area contributed by atoms with Gasteiger partial charge in [0.15, 0.2) is 17.2 Å². The Hall–Kier alpha value is -3.26. The molecule has 0 spiro atoms. The van der Waals surface area contributed by atoms with Crippen LogP contribution in [0.3, 0.4) is 0 Å². The normalized spacial score (nSPS) is 11.7. The van der Waals surface area contributed by atoms with Gasteiger partial charge in [-0.25, -0.2) is 18.4 Å². The fourth-order valence-electron chi connectivity index (χ4n) is 3.70.